The summed E-state index contributed by atoms with van der Waals surface area (Å²) in [5.74, 6) is 0.686. The Balaban J connectivity index is 1.93. The van der Waals surface area contributed by atoms with E-state index in [1.165, 1.54) is 32.1 Å². The monoisotopic (exact) mass is 296 g/mol. The zero-order chi connectivity index (χ0) is 14.4. The van der Waals surface area contributed by atoms with Crippen LogP contribution in [0.4, 0.5) is 5.69 Å². The van der Waals surface area contributed by atoms with Gasteiger partial charge in [-0.15, -0.1) is 0 Å². The normalized spacial score (nSPS) is 17.1. The smallest absolute Gasteiger partial charge is 0.242 e. The van der Waals surface area contributed by atoms with Gasteiger partial charge in [0.15, 0.2) is 0 Å². The van der Waals surface area contributed by atoms with Gasteiger partial charge in [0.05, 0.1) is 5.69 Å². The molecule has 0 atom stereocenters. The van der Waals surface area contributed by atoms with Gasteiger partial charge in [-0.05, 0) is 24.5 Å². The highest BCUT2D eigenvalue weighted by Crippen LogP contribution is 2.26. The largest absolute Gasteiger partial charge is 0.387 e. The lowest BCUT2D eigenvalue weighted by atomic mass is 9.87. The molecule has 0 unspecified atom stereocenters. The first-order valence-corrected chi connectivity index (χ1v) is 8.88. The van der Waals surface area contributed by atoms with Gasteiger partial charge < -0.3 is 5.32 Å². The van der Waals surface area contributed by atoms with Gasteiger partial charge in [-0.3, -0.25) is 0 Å². The summed E-state index contributed by atoms with van der Waals surface area (Å²) in [6, 6.07) is 6.98. The Labute approximate surface area is 122 Å². The molecule has 1 saturated carbocycles. The predicted molar refractivity (Wildman–Crippen MR) is 82.4 cm³/mol. The van der Waals surface area contributed by atoms with E-state index in [-0.39, 0.29) is 0 Å². The van der Waals surface area contributed by atoms with Crippen molar-refractivity contribution in [3.63, 3.8) is 0 Å². The summed E-state index contributed by atoms with van der Waals surface area (Å²) < 4.78 is 27.3. The van der Waals surface area contributed by atoms with Crippen molar-refractivity contribution in [3.05, 3.63) is 24.3 Å². The van der Waals surface area contributed by atoms with E-state index in [9.17, 15) is 8.42 Å². The lowest BCUT2D eigenvalue weighted by Gasteiger charge is -2.21. The van der Waals surface area contributed by atoms with Crippen molar-refractivity contribution in [2.24, 2.45) is 5.92 Å². The zero-order valence-electron chi connectivity index (χ0n) is 12.1. The number of nitrogens with one attached hydrogen (secondary N) is 2. The molecule has 1 aromatic rings. The van der Waals surface area contributed by atoms with Gasteiger partial charge in [0.1, 0.15) is 4.90 Å². The van der Waals surface area contributed by atoms with E-state index in [1.807, 2.05) is 6.07 Å². The Bertz CT molecular complexity index is 522. The minimum absolute atomic E-state index is 0.325. The van der Waals surface area contributed by atoms with Crippen LogP contribution < -0.4 is 10.0 Å². The van der Waals surface area contributed by atoms with Crippen molar-refractivity contribution in [2.45, 2.75) is 43.4 Å². The minimum Gasteiger partial charge on any atom is -0.387 e. The predicted octanol–water partition coefficient (Wildman–Crippen LogP) is 2.98. The number of hydrogen-bond acceptors (Lipinski definition) is 3. The standard InChI is InChI=1S/C15H24N2O2S/c1-16-14-9-5-6-10-15(14)20(18,19)17-12-11-13-7-3-2-4-8-13/h5-6,9-10,13,16-17H,2-4,7-8,11-12H2,1H3. The number of para-hydroxylation sites is 1. The van der Waals surface area contributed by atoms with Crippen LogP contribution >= 0.6 is 0 Å². The average Bonchev–Trinajstić information content (AvgIpc) is 2.48. The van der Waals surface area contributed by atoms with Gasteiger partial charge in [-0.1, -0.05) is 44.2 Å². The molecule has 0 amide bonds. The molecule has 2 rings (SSSR count). The maximum Gasteiger partial charge on any atom is 0.242 e. The highest BCUT2D eigenvalue weighted by molar-refractivity contribution is 7.89. The first-order chi connectivity index (χ1) is 9.63. The minimum atomic E-state index is -3.42. The molecule has 1 fully saturated rings. The second kappa shape index (κ2) is 7.09. The van der Waals surface area contributed by atoms with E-state index in [4.69, 9.17) is 0 Å². The zero-order valence-corrected chi connectivity index (χ0v) is 12.9. The summed E-state index contributed by atoms with van der Waals surface area (Å²) in [6.45, 7) is 0.533. The molecular weight excluding hydrogens is 272 g/mol. The van der Waals surface area contributed by atoms with Crippen molar-refractivity contribution in [2.75, 3.05) is 18.9 Å². The number of hydrogen-bond donors (Lipinski definition) is 2. The fourth-order valence-corrected chi connectivity index (χ4v) is 4.12. The number of rotatable bonds is 6. The fraction of sp³-hybridized carbons (Fsp3) is 0.600. The second-order valence-corrected chi connectivity index (χ2v) is 7.17. The van der Waals surface area contributed by atoms with Crippen LogP contribution in [0.3, 0.4) is 0 Å². The molecule has 112 valence electrons. The molecule has 0 aliphatic heterocycles. The molecule has 1 aliphatic carbocycles. The van der Waals surface area contributed by atoms with E-state index >= 15 is 0 Å². The summed E-state index contributed by atoms with van der Waals surface area (Å²) in [4.78, 5) is 0.325. The van der Waals surface area contributed by atoms with Gasteiger partial charge in [0, 0.05) is 13.6 Å². The number of sulfonamides is 1. The van der Waals surface area contributed by atoms with Crippen LogP contribution in [0.25, 0.3) is 0 Å². The van der Waals surface area contributed by atoms with E-state index in [2.05, 4.69) is 10.0 Å². The fourth-order valence-electron chi connectivity index (χ4n) is 2.86. The third kappa shape index (κ3) is 3.96. The summed E-state index contributed by atoms with van der Waals surface area (Å²) in [5.41, 5.74) is 0.637. The van der Waals surface area contributed by atoms with Gasteiger partial charge in [-0.2, -0.15) is 0 Å². The van der Waals surface area contributed by atoms with Gasteiger partial charge >= 0.3 is 0 Å². The summed E-state index contributed by atoms with van der Waals surface area (Å²) >= 11 is 0. The maximum atomic E-state index is 12.3. The molecule has 20 heavy (non-hydrogen) atoms. The maximum absolute atomic E-state index is 12.3. The molecule has 1 aliphatic rings. The summed E-state index contributed by atoms with van der Waals surface area (Å²) in [7, 11) is -1.68. The van der Waals surface area contributed by atoms with Gasteiger partial charge in [0.25, 0.3) is 0 Å². The van der Waals surface area contributed by atoms with Crippen LogP contribution in [-0.4, -0.2) is 22.0 Å². The Kier molecular flexibility index (Phi) is 5.43. The van der Waals surface area contributed by atoms with Crippen LogP contribution in [0.1, 0.15) is 38.5 Å². The first-order valence-electron chi connectivity index (χ1n) is 7.40. The van der Waals surface area contributed by atoms with Crippen LogP contribution in [0.5, 0.6) is 0 Å². The number of benzene rings is 1. The Morgan fingerprint density at radius 3 is 2.55 bits per heavy atom. The SMILES string of the molecule is CNc1ccccc1S(=O)(=O)NCCC1CCCCC1. The molecule has 5 heteroatoms. The lowest BCUT2D eigenvalue weighted by molar-refractivity contribution is 0.339. The van der Waals surface area contributed by atoms with Crippen molar-refractivity contribution in [1.82, 2.24) is 4.72 Å². The second-order valence-electron chi connectivity index (χ2n) is 5.44. The molecule has 0 aromatic heterocycles. The third-order valence-corrected chi connectivity index (χ3v) is 5.53. The molecular formula is C15H24N2O2S. The Hall–Kier alpha value is -1.07. The Morgan fingerprint density at radius 1 is 1.15 bits per heavy atom. The van der Waals surface area contributed by atoms with Crippen molar-refractivity contribution in [1.29, 1.82) is 0 Å². The molecule has 0 heterocycles. The molecule has 2 N–H and O–H groups in total. The van der Waals surface area contributed by atoms with Crippen LogP contribution in [-0.2, 0) is 10.0 Å². The molecule has 0 radical (unpaired) electrons. The molecule has 0 spiro atoms. The van der Waals surface area contributed by atoms with Crippen LogP contribution in [0.15, 0.2) is 29.2 Å². The van der Waals surface area contributed by atoms with E-state index < -0.39 is 10.0 Å². The number of anilines is 1. The van der Waals surface area contributed by atoms with Crippen molar-refractivity contribution in [3.8, 4) is 0 Å². The highest BCUT2D eigenvalue weighted by atomic mass is 32.2. The van der Waals surface area contributed by atoms with E-state index in [0.29, 0.717) is 23.0 Å². The molecule has 0 bridgehead atoms. The Morgan fingerprint density at radius 2 is 1.85 bits per heavy atom. The summed E-state index contributed by atoms with van der Waals surface area (Å²) in [5, 5.41) is 2.92. The van der Waals surface area contributed by atoms with Crippen molar-refractivity contribution < 1.29 is 8.42 Å². The van der Waals surface area contributed by atoms with Crippen LogP contribution in [0.2, 0.25) is 0 Å². The molecule has 1 aromatic carbocycles. The van der Waals surface area contributed by atoms with E-state index in [1.54, 1.807) is 25.2 Å². The summed E-state index contributed by atoms with van der Waals surface area (Å²) in [6.07, 6.45) is 7.35. The lowest BCUT2D eigenvalue weighted by Crippen LogP contribution is -2.27. The quantitative estimate of drug-likeness (QED) is 0.848. The highest BCUT2D eigenvalue weighted by Gasteiger charge is 2.19. The van der Waals surface area contributed by atoms with Crippen LogP contribution in [0, 0.1) is 5.92 Å². The topological polar surface area (TPSA) is 58.2 Å². The average molecular weight is 296 g/mol. The third-order valence-electron chi connectivity index (χ3n) is 4.02. The van der Waals surface area contributed by atoms with Crippen molar-refractivity contribution >= 4 is 15.7 Å². The molecule has 4 nitrogen and oxygen atoms in total. The molecule has 0 saturated heterocycles. The first kappa shape index (κ1) is 15.3. The van der Waals surface area contributed by atoms with Gasteiger partial charge in [0.2, 0.25) is 10.0 Å². The van der Waals surface area contributed by atoms with E-state index in [0.717, 1.165) is 6.42 Å². The van der Waals surface area contributed by atoms with Gasteiger partial charge in [-0.25, -0.2) is 13.1 Å².